The topological polar surface area (TPSA) is 49.3 Å². The van der Waals surface area contributed by atoms with Gasteiger partial charge in [-0.1, -0.05) is 0 Å². The first kappa shape index (κ1) is 7.88. The summed E-state index contributed by atoms with van der Waals surface area (Å²) in [5.74, 6) is 0.975. The highest BCUT2D eigenvalue weighted by Gasteiger charge is 2.23. The SMILES string of the molecule is C[C@@H]1CSC[C@@H](C(=O)O)N1. The van der Waals surface area contributed by atoms with Crippen LogP contribution in [-0.2, 0) is 4.79 Å². The molecule has 0 bridgehead atoms. The monoisotopic (exact) mass is 161 g/mol. The van der Waals surface area contributed by atoms with Crippen molar-refractivity contribution in [1.82, 2.24) is 5.32 Å². The van der Waals surface area contributed by atoms with Crippen LogP contribution in [0.2, 0.25) is 0 Å². The number of carboxylic acids is 1. The number of carboxylic acid groups (broad SMARTS) is 1. The number of carbonyl (C=O) groups is 1. The number of nitrogens with one attached hydrogen (secondary N) is 1. The second-order valence-electron chi connectivity index (χ2n) is 2.50. The van der Waals surface area contributed by atoms with E-state index in [0.29, 0.717) is 11.8 Å². The molecule has 0 aromatic carbocycles. The Labute approximate surface area is 64.2 Å². The van der Waals surface area contributed by atoms with E-state index in [1.807, 2.05) is 6.92 Å². The maximum absolute atomic E-state index is 10.4. The molecule has 1 saturated heterocycles. The van der Waals surface area contributed by atoms with Gasteiger partial charge in [0.2, 0.25) is 0 Å². The number of hydrogen-bond donors (Lipinski definition) is 2. The minimum Gasteiger partial charge on any atom is -0.480 e. The lowest BCUT2D eigenvalue weighted by atomic mass is 10.3. The summed E-state index contributed by atoms with van der Waals surface area (Å²) in [5, 5.41) is 11.6. The van der Waals surface area contributed by atoms with Crippen LogP contribution in [0.1, 0.15) is 6.92 Å². The third-order valence-corrected chi connectivity index (χ3v) is 2.74. The quantitative estimate of drug-likeness (QED) is 0.575. The average molecular weight is 161 g/mol. The summed E-state index contributed by atoms with van der Waals surface area (Å²) >= 11 is 1.70. The zero-order valence-electron chi connectivity index (χ0n) is 5.83. The predicted molar refractivity (Wildman–Crippen MR) is 41.3 cm³/mol. The lowest BCUT2D eigenvalue weighted by molar-refractivity contribution is -0.139. The highest BCUT2D eigenvalue weighted by molar-refractivity contribution is 7.99. The Morgan fingerprint density at radius 1 is 1.70 bits per heavy atom. The van der Waals surface area contributed by atoms with E-state index in [9.17, 15) is 4.79 Å². The fourth-order valence-electron chi connectivity index (χ4n) is 0.945. The standard InChI is InChI=1S/C6H11NO2S/c1-4-2-10-3-5(7-4)6(8)9/h4-5,7H,2-3H2,1H3,(H,8,9)/t4-,5+/m1/s1. The summed E-state index contributed by atoms with van der Waals surface area (Å²) in [6.45, 7) is 2.00. The Kier molecular flexibility index (Phi) is 2.56. The molecule has 0 amide bonds. The van der Waals surface area contributed by atoms with Crippen molar-refractivity contribution in [2.24, 2.45) is 0 Å². The van der Waals surface area contributed by atoms with Crippen LogP contribution in [-0.4, -0.2) is 34.7 Å². The van der Waals surface area contributed by atoms with Crippen molar-refractivity contribution in [2.75, 3.05) is 11.5 Å². The zero-order valence-corrected chi connectivity index (χ0v) is 6.65. The minimum absolute atomic E-state index is 0.333. The molecule has 0 radical (unpaired) electrons. The largest absolute Gasteiger partial charge is 0.480 e. The van der Waals surface area contributed by atoms with Crippen LogP contribution in [0.4, 0.5) is 0 Å². The second kappa shape index (κ2) is 3.25. The van der Waals surface area contributed by atoms with Gasteiger partial charge >= 0.3 is 5.97 Å². The summed E-state index contributed by atoms with van der Waals surface area (Å²) in [6.07, 6.45) is 0. The summed E-state index contributed by atoms with van der Waals surface area (Å²) in [7, 11) is 0. The third-order valence-electron chi connectivity index (χ3n) is 1.44. The molecule has 58 valence electrons. The van der Waals surface area contributed by atoms with Crippen LogP contribution in [0, 0.1) is 0 Å². The van der Waals surface area contributed by atoms with Crippen LogP contribution >= 0.6 is 11.8 Å². The van der Waals surface area contributed by atoms with Gasteiger partial charge in [0.15, 0.2) is 0 Å². The Balaban J connectivity index is 2.39. The molecule has 1 fully saturated rings. The molecule has 4 heteroatoms. The van der Waals surface area contributed by atoms with Crippen LogP contribution < -0.4 is 5.32 Å². The highest BCUT2D eigenvalue weighted by atomic mass is 32.2. The second-order valence-corrected chi connectivity index (χ2v) is 3.57. The van der Waals surface area contributed by atoms with E-state index in [1.54, 1.807) is 11.8 Å². The molecule has 1 aliphatic rings. The van der Waals surface area contributed by atoms with Crippen molar-refractivity contribution in [3.63, 3.8) is 0 Å². The molecular formula is C6H11NO2S. The van der Waals surface area contributed by atoms with Gasteiger partial charge in [-0.15, -0.1) is 0 Å². The van der Waals surface area contributed by atoms with Crippen LogP contribution in [0.25, 0.3) is 0 Å². The molecule has 2 atom stereocenters. The Bertz CT molecular complexity index is 140. The number of rotatable bonds is 1. The molecule has 1 rings (SSSR count). The smallest absolute Gasteiger partial charge is 0.321 e. The Morgan fingerprint density at radius 2 is 2.40 bits per heavy atom. The van der Waals surface area contributed by atoms with E-state index in [4.69, 9.17) is 5.11 Å². The minimum atomic E-state index is -0.737. The van der Waals surface area contributed by atoms with Gasteiger partial charge in [-0.05, 0) is 6.92 Å². The van der Waals surface area contributed by atoms with Crippen molar-refractivity contribution in [1.29, 1.82) is 0 Å². The summed E-state index contributed by atoms with van der Waals surface area (Å²) in [4.78, 5) is 10.4. The summed E-state index contributed by atoms with van der Waals surface area (Å²) < 4.78 is 0. The first-order valence-electron chi connectivity index (χ1n) is 3.26. The van der Waals surface area contributed by atoms with Crippen LogP contribution in [0.3, 0.4) is 0 Å². The maximum atomic E-state index is 10.4. The average Bonchev–Trinajstić information content (AvgIpc) is 1.88. The molecular weight excluding hydrogens is 150 g/mol. The molecule has 2 N–H and O–H groups in total. The summed E-state index contributed by atoms with van der Waals surface area (Å²) in [6, 6.07) is -0.00593. The van der Waals surface area contributed by atoms with Crippen molar-refractivity contribution in [2.45, 2.75) is 19.0 Å². The normalized spacial score (nSPS) is 33.7. The van der Waals surface area contributed by atoms with Gasteiger partial charge in [-0.2, -0.15) is 11.8 Å². The first-order valence-corrected chi connectivity index (χ1v) is 4.42. The fourth-order valence-corrected chi connectivity index (χ4v) is 2.01. The van der Waals surface area contributed by atoms with Crippen molar-refractivity contribution < 1.29 is 9.90 Å². The van der Waals surface area contributed by atoms with Crippen LogP contribution in [0.15, 0.2) is 0 Å². The predicted octanol–water partition coefficient (Wildman–Crippen LogP) is 0.165. The van der Waals surface area contributed by atoms with Gasteiger partial charge in [0.05, 0.1) is 0 Å². The van der Waals surface area contributed by atoms with Gasteiger partial charge in [-0.25, -0.2) is 0 Å². The molecule has 0 unspecified atom stereocenters. The van der Waals surface area contributed by atoms with E-state index in [2.05, 4.69) is 5.32 Å². The fraction of sp³-hybridized carbons (Fsp3) is 0.833. The van der Waals surface area contributed by atoms with Gasteiger partial charge in [0, 0.05) is 17.5 Å². The number of hydrogen-bond acceptors (Lipinski definition) is 3. The molecule has 0 aromatic rings. The van der Waals surface area contributed by atoms with Gasteiger partial charge in [0.25, 0.3) is 0 Å². The Hall–Kier alpha value is -0.220. The highest BCUT2D eigenvalue weighted by Crippen LogP contribution is 2.11. The molecule has 3 nitrogen and oxygen atoms in total. The lowest BCUT2D eigenvalue weighted by Crippen LogP contribution is -2.48. The molecule has 0 saturated carbocycles. The van der Waals surface area contributed by atoms with Gasteiger partial charge in [0.1, 0.15) is 6.04 Å². The molecule has 0 aromatic heterocycles. The first-order chi connectivity index (χ1) is 4.70. The van der Waals surface area contributed by atoms with E-state index < -0.39 is 5.97 Å². The molecule has 10 heavy (non-hydrogen) atoms. The third kappa shape index (κ3) is 1.88. The lowest BCUT2D eigenvalue weighted by Gasteiger charge is -2.24. The van der Waals surface area contributed by atoms with E-state index in [0.717, 1.165) is 5.75 Å². The molecule has 1 heterocycles. The van der Waals surface area contributed by atoms with E-state index in [-0.39, 0.29) is 6.04 Å². The zero-order chi connectivity index (χ0) is 7.56. The van der Waals surface area contributed by atoms with Crippen molar-refractivity contribution >= 4 is 17.7 Å². The molecule has 0 spiro atoms. The number of aliphatic carboxylic acids is 1. The van der Waals surface area contributed by atoms with E-state index in [1.165, 1.54) is 0 Å². The van der Waals surface area contributed by atoms with Gasteiger partial charge in [-0.3, -0.25) is 4.79 Å². The molecule has 1 aliphatic heterocycles. The Morgan fingerprint density at radius 3 is 2.80 bits per heavy atom. The van der Waals surface area contributed by atoms with Gasteiger partial charge < -0.3 is 10.4 Å². The summed E-state index contributed by atoms with van der Waals surface area (Å²) in [5.41, 5.74) is 0. The van der Waals surface area contributed by atoms with Crippen molar-refractivity contribution in [3.8, 4) is 0 Å². The van der Waals surface area contributed by atoms with E-state index >= 15 is 0 Å². The van der Waals surface area contributed by atoms with Crippen LogP contribution in [0.5, 0.6) is 0 Å². The molecule has 0 aliphatic carbocycles. The maximum Gasteiger partial charge on any atom is 0.321 e. The van der Waals surface area contributed by atoms with Crippen molar-refractivity contribution in [3.05, 3.63) is 0 Å². The number of thioether (sulfide) groups is 1.